The zero-order chi connectivity index (χ0) is 21.2. The average molecular weight is 414 g/mol. The highest BCUT2D eigenvalue weighted by Gasteiger charge is 2.19. The third-order valence-corrected chi connectivity index (χ3v) is 6.12. The fourth-order valence-corrected chi connectivity index (χ4v) is 3.48. The molecule has 1 heterocycles. The van der Waals surface area contributed by atoms with Crippen LogP contribution in [-0.4, -0.2) is 52.9 Å². The lowest BCUT2D eigenvalue weighted by Crippen LogP contribution is -2.23. The van der Waals surface area contributed by atoms with E-state index in [4.69, 9.17) is 0 Å². The summed E-state index contributed by atoms with van der Waals surface area (Å²) in [6.07, 6.45) is 0. The summed E-state index contributed by atoms with van der Waals surface area (Å²) in [4.78, 5) is 13.7. The maximum absolute atomic E-state index is 12.4. The standard InChI is InChI=1S/C19H22N6O3S/c1-13-5-8-15(9-6-13)19-21-23-25(22-19)12-18(26)20-17-11-16(10-7-14(17)2)29(27,28)24(3)4/h5-11H,12H2,1-4H3,(H,20,26). The molecule has 0 unspecified atom stereocenters. The molecule has 2 aromatic carbocycles. The number of carbonyl (C=O) groups excluding carboxylic acids is 1. The second kappa shape index (κ2) is 8.10. The molecule has 9 nitrogen and oxygen atoms in total. The Morgan fingerprint density at radius 3 is 2.45 bits per heavy atom. The number of aromatic nitrogens is 4. The Bertz CT molecular complexity index is 1140. The van der Waals surface area contributed by atoms with Gasteiger partial charge in [-0.3, -0.25) is 4.79 Å². The molecule has 0 spiro atoms. The van der Waals surface area contributed by atoms with Crippen LogP contribution >= 0.6 is 0 Å². The van der Waals surface area contributed by atoms with Gasteiger partial charge in [-0.25, -0.2) is 12.7 Å². The van der Waals surface area contributed by atoms with Gasteiger partial charge in [0, 0.05) is 25.3 Å². The van der Waals surface area contributed by atoms with Crippen LogP contribution in [0.5, 0.6) is 0 Å². The van der Waals surface area contributed by atoms with Crippen molar-refractivity contribution in [1.82, 2.24) is 24.5 Å². The number of amides is 1. The topological polar surface area (TPSA) is 110 Å². The number of tetrazole rings is 1. The maximum atomic E-state index is 12.4. The fraction of sp³-hybridized carbons (Fsp3) is 0.263. The first-order chi connectivity index (χ1) is 13.7. The van der Waals surface area contributed by atoms with Gasteiger partial charge < -0.3 is 5.32 Å². The highest BCUT2D eigenvalue weighted by Crippen LogP contribution is 2.22. The molecule has 0 radical (unpaired) electrons. The van der Waals surface area contributed by atoms with E-state index < -0.39 is 10.0 Å². The minimum atomic E-state index is -3.60. The molecule has 0 atom stereocenters. The van der Waals surface area contributed by atoms with Gasteiger partial charge in [-0.1, -0.05) is 35.9 Å². The predicted octanol–water partition coefficient (Wildman–Crippen LogP) is 1.85. The third-order valence-electron chi connectivity index (χ3n) is 4.31. The summed E-state index contributed by atoms with van der Waals surface area (Å²) in [5.74, 6) is 0.0356. The second-order valence-electron chi connectivity index (χ2n) is 6.82. The van der Waals surface area contributed by atoms with Gasteiger partial charge >= 0.3 is 0 Å². The monoisotopic (exact) mass is 414 g/mol. The first kappa shape index (κ1) is 20.6. The number of nitrogens with zero attached hydrogens (tertiary/aromatic N) is 5. The van der Waals surface area contributed by atoms with E-state index in [0.717, 1.165) is 21.0 Å². The van der Waals surface area contributed by atoms with Crippen LogP contribution in [-0.2, 0) is 21.4 Å². The molecule has 29 heavy (non-hydrogen) atoms. The van der Waals surface area contributed by atoms with E-state index in [1.165, 1.54) is 31.0 Å². The van der Waals surface area contributed by atoms with Crippen molar-refractivity contribution in [1.29, 1.82) is 0 Å². The molecule has 0 saturated heterocycles. The molecule has 1 N–H and O–H groups in total. The van der Waals surface area contributed by atoms with Crippen molar-refractivity contribution in [2.45, 2.75) is 25.3 Å². The Morgan fingerprint density at radius 2 is 1.79 bits per heavy atom. The van der Waals surface area contributed by atoms with Gasteiger partial charge in [0.15, 0.2) is 0 Å². The lowest BCUT2D eigenvalue weighted by Gasteiger charge is -2.14. The molecule has 0 saturated carbocycles. The summed E-state index contributed by atoms with van der Waals surface area (Å²) in [6.45, 7) is 3.62. The predicted molar refractivity (Wildman–Crippen MR) is 109 cm³/mol. The summed E-state index contributed by atoms with van der Waals surface area (Å²) in [6, 6.07) is 12.3. The fourth-order valence-electron chi connectivity index (χ4n) is 2.55. The van der Waals surface area contributed by atoms with Gasteiger partial charge in [0.2, 0.25) is 21.8 Å². The van der Waals surface area contributed by atoms with Crippen molar-refractivity contribution in [3.8, 4) is 11.4 Å². The normalized spacial score (nSPS) is 11.6. The quantitative estimate of drug-likeness (QED) is 0.659. The van der Waals surface area contributed by atoms with Crippen LogP contribution in [0.15, 0.2) is 47.4 Å². The number of anilines is 1. The van der Waals surface area contributed by atoms with Crippen molar-refractivity contribution in [2.75, 3.05) is 19.4 Å². The van der Waals surface area contributed by atoms with Crippen LogP contribution in [0, 0.1) is 13.8 Å². The van der Waals surface area contributed by atoms with Crippen molar-refractivity contribution < 1.29 is 13.2 Å². The number of rotatable bonds is 6. The molecule has 0 fully saturated rings. The Kier molecular flexibility index (Phi) is 5.76. The molecular formula is C19H22N6O3S. The van der Waals surface area contributed by atoms with E-state index in [0.29, 0.717) is 11.5 Å². The lowest BCUT2D eigenvalue weighted by molar-refractivity contribution is -0.117. The van der Waals surface area contributed by atoms with Crippen molar-refractivity contribution >= 4 is 21.6 Å². The highest BCUT2D eigenvalue weighted by atomic mass is 32.2. The highest BCUT2D eigenvalue weighted by molar-refractivity contribution is 7.89. The number of aryl methyl sites for hydroxylation is 2. The molecule has 3 aromatic rings. The van der Waals surface area contributed by atoms with Crippen molar-refractivity contribution in [3.05, 3.63) is 53.6 Å². The first-order valence-electron chi connectivity index (χ1n) is 8.84. The number of carbonyl (C=O) groups is 1. The van der Waals surface area contributed by atoms with Gasteiger partial charge in [0.1, 0.15) is 6.54 Å². The van der Waals surface area contributed by atoms with E-state index in [9.17, 15) is 13.2 Å². The van der Waals surface area contributed by atoms with E-state index in [2.05, 4.69) is 20.7 Å². The Hall–Kier alpha value is -3.11. The Labute approximate surface area is 169 Å². The molecule has 152 valence electrons. The maximum Gasteiger partial charge on any atom is 0.248 e. The Morgan fingerprint density at radius 1 is 1.10 bits per heavy atom. The van der Waals surface area contributed by atoms with Crippen LogP contribution in [0.25, 0.3) is 11.4 Å². The van der Waals surface area contributed by atoms with Gasteiger partial charge in [0.05, 0.1) is 4.90 Å². The van der Waals surface area contributed by atoms with E-state index in [-0.39, 0.29) is 17.3 Å². The minimum Gasteiger partial charge on any atom is -0.324 e. The number of nitrogens with one attached hydrogen (secondary N) is 1. The third kappa shape index (κ3) is 4.66. The molecule has 3 rings (SSSR count). The molecule has 1 amide bonds. The van der Waals surface area contributed by atoms with Gasteiger partial charge in [-0.2, -0.15) is 4.80 Å². The van der Waals surface area contributed by atoms with Crippen molar-refractivity contribution in [2.24, 2.45) is 0 Å². The smallest absolute Gasteiger partial charge is 0.248 e. The lowest BCUT2D eigenvalue weighted by atomic mass is 10.1. The Balaban J connectivity index is 1.74. The van der Waals surface area contributed by atoms with E-state index >= 15 is 0 Å². The number of benzene rings is 2. The van der Waals surface area contributed by atoms with E-state index in [1.807, 2.05) is 31.2 Å². The molecule has 0 bridgehead atoms. The number of hydrogen-bond acceptors (Lipinski definition) is 6. The van der Waals surface area contributed by atoms with Gasteiger partial charge in [-0.05, 0) is 36.8 Å². The van der Waals surface area contributed by atoms with Crippen LogP contribution in [0.1, 0.15) is 11.1 Å². The van der Waals surface area contributed by atoms with Crippen LogP contribution in [0.2, 0.25) is 0 Å². The summed E-state index contributed by atoms with van der Waals surface area (Å²) >= 11 is 0. The van der Waals surface area contributed by atoms with Crippen LogP contribution in [0.3, 0.4) is 0 Å². The SMILES string of the molecule is Cc1ccc(-c2nnn(CC(=O)Nc3cc(S(=O)(=O)N(C)C)ccc3C)n2)cc1. The second-order valence-corrected chi connectivity index (χ2v) is 8.97. The zero-order valence-corrected chi connectivity index (χ0v) is 17.4. The molecular weight excluding hydrogens is 392 g/mol. The number of hydrogen-bond donors (Lipinski definition) is 1. The minimum absolute atomic E-state index is 0.101. The largest absolute Gasteiger partial charge is 0.324 e. The summed E-state index contributed by atoms with van der Waals surface area (Å²) in [5, 5.41) is 14.8. The van der Waals surface area contributed by atoms with Crippen LogP contribution in [0.4, 0.5) is 5.69 Å². The molecule has 0 aliphatic carbocycles. The molecule has 10 heteroatoms. The molecule has 0 aliphatic heterocycles. The molecule has 0 aliphatic rings. The summed E-state index contributed by atoms with van der Waals surface area (Å²) in [7, 11) is -0.691. The summed E-state index contributed by atoms with van der Waals surface area (Å²) in [5.41, 5.74) is 3.08. The first-order valence-corrected chi connectivity index (χ1v) is 10.3. The van der Waals surface area contributed by atoms with Gasteiger partial charge in [-0.15, -0.1) is 10.2 Å². The van der Waals surface area contributed by atoms with Crippen LogP contribution < -0.4 is 5.32 Å². The molecule has 1 aromatic heterocycles. The zero-order valence-electron chi connectivity index (χ0n) is 16.6. The number of sulfonamides is 1. The summed E-state index contributed by atoms with van der Waals surface area (Å²) < 4.78 is 25.7. The van der Waals surface area contributed by atoms with E-state index in [1.54, 1.807) is 13.0 Å². The average Bonchev–Trinajstić information content (AvgIpc) is 3.12. The van der Waals surface area contributed by atoms with Crippen molar-refractivity contribution in [3.63, 3.8) is 0 Å². The van der Waals surface area contributed by atoms with Gasteiger partial charge in [0.25, 0.3) is 0 Å².